The first-order valence-electron chi connectivity index (χ1n) is 6.77. The predicted molar refractivity (Wildman–Crippen MR) is 82.8 cm³/mol. The second kappa shape index (κ2) is 5.19. The van der Waals surface area contributed by atoms with E-state index in [-0.39, 0.29) is 0 Å². The van der Waals surface area contributed by atoms with Gasteiger partial charge in [-0.05, 0) is 25.5 Å². The molecule has 0 aliphatic carbocycles. The number of hydrogen-bond donors (Lipinski definition) is 1. The maximum atomic E-state index is 10.4. The predicted octanol–water partition coefficient (Wildman–Crippen LogP) is 2.98. The van der Waals surface area contributed by atoms with E-state index in [9.17, 15) is 5.11 Å². The number of para-hydroxylation sites is 1. The lowest BCUT2D eigenvalue weighted by Crippen LogP contribution is -2.21. The molecule has 3 nitrogen and oxygen atoms in total. The fourth-order valence-corrected chi connectivity index (χ4v) is 2.62. The van der Waals surface area contributed by atoms with Crippen molar-refractivity contribution in [2.45, 2.75) is 6.10 Å². The Morgan fingerprint density at radius 2 is 1.55 bits per heavy atom. The molecule has 3 heteroatoms. The van der Waals surface area contributed by atoms with Gasteiger partial charge < -0.3 is 10.0 Å². The maximum absolute atomic E-state index is 10.4. The van der Waals surface area contributed by atoms with Crippen LogP contribution in [0.3, 0.4) is 0 Å². The number of pyridine rings is 1. The van der Waals surface area contributed by atoms with E-state index in [1.807, 2.05) is 55.4 Å². The highest BCUT2D eigenvalue weighted by Crippen LogP contribution is 2.29. The van der Waals surface area contributed by atoms with Crippen LogP contribution in [0.25, 0.3) is 21.7 Å². The van der Waals surface area contributed by atoms with Crippen molar-refractivity contribution >= 4 is 21.7 Å². The zero-order chi connectivity index (χ0) is 14.1. The van der Waals surface area contributed by atoms with Crippen LogP contribution >= 0.6 is 0 Å². The molecule has 0 unspecified atom stereocenters. The first kappa shape index (κ1) is 13.0. The van der Waals surface area contributed by atoms with Crippen molar-refractivity contribution in [2.75, 3.05) is 20.6 Å². The highest BCUT2D eigenvalue weighted by molar-refractivity contribution is 6.06. The van der Waals surface area contributed by atoms with Crippen molar-refractivity contribution in [3.8, 4) is 0 Å². The minimum absolute atomic E-state index is 0.565. The molecule has 0 aliphatic rings. The summed E-state index contributed by atoms with van der Waals surface area (Å²) in [6, 6.07) is 16.2. The number of benzene rings is 2. The van der Waals surface area contributed by atoms with Crippen LogP contribution in [0.4, 0.5) is 0 Å². The Hall–Kier alpha value is -1.97. The number of rotatable bonds is 3. The summed E-state index contributed by atoms with van der Waals surface area (Å²) < 4.78 is 0. The van der Waals surface area contributed by atoms with Crippen molar-refractivity contribution < 1.29 is 5.11 Å². The van der Waals surface area contributed by atoms with Crippen molar-refractivity contribution in [1.82, 2.24) is 9.88 Å². The molecule has 3 aromatic rings. The molecular formula is C17H18N2O. The zero-order valence-corrected chi connectivity index (χ0v) is 11.7. The van der Waals surface area contributed by atoms with Gasteiger partial charge in [-0.1, -0.05) is 42.5 Å². The van der Waals surface area contributed by atoms with Gasteiger partial charge in [-0.15, -0.1) is 0 Å². The Balaban J connectivity index is 2.29. The first-order chi connectivity index (χ1) is 9.66. The molecule has 0 aliphatic heterocycles. The van der Waals surface area contributed by atoms with E-state index in [2.05, 4.69) is 17.1 Å². The lowest BCUT2D eigenvalue weighted by Gasteiger charge is -2.18. The number of nitrogens with zero attached hydrogens (tertiary/aromatic N) is 2. The van der Waals surface area contributed by atoms with Crippen LogP contribution in [0.5, 0.6) is 0 Å². The molecular weight excluding hydrogens is 248 g/mol. The summed E-state index contributed by atoms with van der Waals surface area (Å²) in [6.07, 6.45) is -0.584. The average molecular weight is 266 g/mol. The molecule has 0 spiro atoms. The molecule has 0 saturated heterocycles. The standard InChI is InChI=1S/C17H18N2O/c1-19(2)11-16(20)17-14-9-4-3-7-12(14)13-8-5-6-10-15(13)18-17/h3-10,16,20H,11H2,1-2H3/t16-/m0/s1. The molecule has 0 fully saturated rings. The molecule has 0 radical (unpaired) electrons. The monoisotopic (exact) mass is 266 g/mol. The van der Waals surface area contributed by atoms with Crippen LogP contribution in [-0.2, 0) is 0 Å². The number of hydrogen-bond acceptors (Lipinski definition) is 3. The van der Waals surface area contributed by atoms with Gasteiger partial charge in [-0.3, -0.25) is 0 Å². The first-order valence-corrected chi connectivity index (χ1v) is 6.77. The molecule has 1 heterocycles. The van der Waals surface area contributed by atoms with Crippen LogP contribution in [0.2, 0.25) is 0 Å². The third kappa shape index (κ3) is 2.26. The largest absolute Gasteiger partial charge is 0.385 e. The Kier molecular flexibility index (Phi) is 3.38. The lowest BCUT2D eigenvalue weighted by molar-refractivity contribution is 0.136. The summed E-state index contributed by atoms with van der Waals surface area (Å²) in [5.41, 5.74) is 1.69. The van der Waals surface area contributed by atoms with Crippen molar-refractivity contribution in [3.05, 3.63) is 54.2 Å². The molecule has 0 amide bonds. The molecule has 0 saturated carbocycles. The fraction of sp³-hybridized carbons (Fsp3) is 0.235. The average Bonchev–Trinajstić information content (AvgIpc) is 2.45. The van der Waals surface area contributed by atoms with Gasteiger partial charge in [-0.2, -0.15) is 0 Å². The summed E-state index contributed by atoms with van der Waals surface area (Å²) in [5.74, 6) is 0. The summed E-state index contributed by atoms with van der Waals surface area (Å²) in [4.78, 5) is 6.65. The van der Waals surface area contributed by atoms with Gasteiger partial charge in [0.2, 0.25) is 0 Å². The number of fused-ring (bicyclic) bond motifs is 3. The third-order valence-corrected chi connectivity index (χ3v) is 3.49. The van der Waals surface area contributed by atoms with Crippen LogP contribution in [0.1, 0.15) is 11.8 Å². The second-order valence-corrected chi connectivity index (χ2v) is 5.34. The molecule has 0 bridgehead atoms. The number of aromatic nitrogens is 1. The van der Waals surface area contributed by atoms with E-state index >= 15 is 0 Å². The highest BCUT2D eigenvalue weighted by atomic mass is 16.3. The van der Waals surface area contributed by atoms with Gasteiger partial charge in [0.15, 0.2) is 0 Å². The Bertz CT molecular complexity index is 752. The van der Waals surface area contributed by atoms with Crippen molar-refractivity contribution in [1.29, 1.82) is 0 Å². The topological polar surface area (TPSA) is 36.4 Å². The molecule has 1 aromatic heterocycles. The van der Waals surface area contributed by atoms with Crippen molar-refractivity contribution in [2.24, 2.45) is 0 Å². The second-order valence-electron chi connectivity index (χ2n) is 5.34. The molecule has 1 N–H and O–H groups in total. The summed E-state index contributed by atoms with van der Waals surface area (Å²) in [6.45, 7) is 0.565. The van der Waals surface area contributed by atoms with Crippen molar-refractivity contribution in [3.63, 3.8) is 0 Å². The molecule has 3 rings (SSSR count). The van der Waals surface area contributed by atoms with Gasteiger partial charge in [0.05, 0.1) is 11.2 Å². The Morgan fingerprint density at radius 3 is 2.25 bits per heavy atom. The zero-order valence-electron chi connectivity index (χ0n) is 11.7. The summed E-state index contributed by atoms with van der Waals surface area (Å²) in [5, 5.41) is 13.7. The molecule has 102 valence electrons. The number of aliphatic hydroxyl groups is 1. The molecule has 1 atom stereocenters. The van der Waals surface area contributed by atoms with E-state index in [1.165, 1.54) is 0 Å². The van der Waals surface area contributed by atoms with E-state index < -0.39 is 6.10 Å². The van der Waals surface area contributed by atoms with E-state index in [0.717, 1.165) is 27.4 Å². The van der Waals surface area contributed by atoms with Gasteiger partial charge >= 0.3 is 0 Å². The minimum Gasteiger partial charge on any atom is -0.385 e. The smallest absolute Gasteiger partial charge is 0.109 e. The van der Waals surface area contributed by atoms with E-state index in [0.29, 0.717) is 6.54 Å². The molecule has 20 heavy (non-hydrogen) atoms. The fourth-order valence-electron chi connectivity index (χ4n) is 2.62. The summed E-state index contributed by atoms with van der Waals surface area (Å²) >= 11 is 0. The van der Waals surface area contributed by atoms with Crippen LogP contribution in [0.15, 0.2) is 48.5 Å². The normalized spacial score (nSPS) is 13.2. The van der Waals surface area contributed by atoms with Crippen LogP contribution in [0, 0.1) is 0 Å². The van der Waals surface area contributed by atoms with Gasteiger partial charge in [0.25, 0.3) is 0 Å². The van der Waals surface area contributed by atoms with Gasteiger partial charge in [-0.25, -0.2) is 4.98 Å². The minimum atomic E-state index is -0.584. The highest BCUT2D eigenvalue weighted by Gasteiger charge is 2.15. The van der Waals surface area contributed by atoms with Crippen LogP contribution < -0.4 is 0 Å². The van der Waals surface area contributed by atoms with Gasteiger partial charge in [0, 0.05) is 17.3 Å². The quantitative estimate of drug-likeness (QED) is 0.740. The van der Waals surface area contributed by atoms with E-state index in [1.54, 1.807) is 0 Å². The lowest BCUT2D eigenvalue weighted by atomic mass is 10.0. The Labute approximate surface area is 118 Å². The van der Waals surface area contributed by atoms with E-state index in [4.69, 9.17) is 0 Å². The summed E-state index contributed by atoms with van der Waals surface area (Å²) in [7, 11) is 3.90. The maximum Gasteiger partial charge on any atom is 0.109 e. The van der Waals surface area contributed by atoms with Gasteiger partial charge in [0.1, 0.15) is 6.10 Å². The third-order valence-electron chi connectivity index (χ3n) is 3.49. The molecule has 2 aromatic carbocycles. The SMILES string of the molecule is CN(C)C[C@H](O)c1nc2ccccc2c2ccccc12. The number of likely N-dealkylation sites (N-methyl/N-ethyl adjacent to an activating group) is 1. The number of aliphatic hydroxyl groups excluding tert-OH is 1. The Morgan fingerprint density at radius 1 is 0.950 bits per heavy atom. The van der Waals surface area contributed by atoms with Crippen LogP contribution in [-0.4, -0.2) is 35.6 Å².